The number of benzene rings is 1. The van der Waals surface area contributed by atoms with Gasteiger partial charge in [-0.1, -0.05) is 30.3 Å². The van der Waals surface area contributed by atoms with Crippen molar-refractivity contribution >= 4 is 29.2 Å². The van der Waals surface area contributed by atoms with E-state index in [0.29, 0.717) is 28.8 Å². The number of nitrogens with zero attached hydrogens (tertiary/aromatic N) is 3. The Balaban J connectivity index is 1.93. The molecule has 1 aromatic carbocycles. The number of hydrogen-bond donors (Lipinski definition) is 3. The molecule has 0 spiro atoms. The number of carbonyl (C=O) groups is 1. The highest BCUT2D eigenvalue weighted by molar-refractivity contribution is 7.98. The lowest BCUT2D eigenvalue weighted by atomic mass is 10.1. The number of nitrogens with two attached hydrogens (primary N) is 1. The largest absolute Gasteiger partial charge is 0.396 e. The molecule has 0 atom stereocenters. The van der Waals surface area contributed by atoms with Gasteiger partial charge >= 0.3 is 0 Å². The van der Waals surface area contributed by atoms with E-state index in [1.165, 1.54) is 21.9 Å². The van der Waals surface area contributed by atoms with Crippen LogP contribution in [0.5, 0.6) is 0 Å². The van der Waals surface area contributed by atoms with Gasteiger partial charge in [0.2, 0.25) is 5.91 Å². The van der Waals surface area contributed by atoms with Gasteiger partial charge in [0, 0.05) is 19.3 Å². The number of anilines is 2. The molecule has 0 aliphatic rings. The molecule has 8 nitrogen and oxygen atoms in total. The van der Waals surface area contributed by atoms with Crippen LogP contribution in [0.4, 0.5) is 11.5 Å². The smallest absolute Gasteiger partial charge is 0.299 e. The second kappa shape index (κ2) is 10.1. The van der Waals surface area contributed by atoms with Gasteiger partial charge in [0.1, 0.15) is 5.03 Å². The first-order valence-electron chi connectivity index (χ1n) is 9.85. The van der Waals surface area contributed by atoms with E-state index >= 15 is 0 Å². The number of likely N-dealkylation sites (N-methyl/N-ethyl adjacent to an activating group) is 1. The summed E-state index contributed by atoms with van der Waals surface area (Å²) in [5.41, 5.74) is 8.78. The van der Waals surface area contributed by atoms with Crippen LogP contribution >= 0.6 is 11.8 Å². The number of amides is 1. The Hall–Kier alpha value is -3.33. The zero-order chi connectivity index (χ0) is 22.4. The molecule has 1 amide bonds. The molecule has 0 aliphatic carbocycles. The van der Waals surface area contributed by atoms with Gasteiger partial charge in [-0.05, 0) is 36.8 Å². The van der Waals surface area contributed by atoms with Crippen molar-refractivity contribution < 1.29 is 4.79 Å². The number of hydrogen-bond acceptors (Lipinski definition) is 7. The maximum Gasteiger partial charge on any atom is 0.299 e. The Labute approximate surface area is 185 Å². The minimum absolute atomic E-state index is 0.132. The monoisotopic (exact) mass is 438 g/mol. The molecule has 0 saturated carbocycles. The van der Waals surface area contributed by atoms with Crippen molar-refractivity contribution in [2.75, 3.05) is 30.9 Å². The fourth-order valence-electron chi connectivity index (χ4n) is 3.15. The van der Waals surface area contributed by atoms with Crippen LogP contribution in [0.3, 0.4) is 0 Å². The van der Waals surface area contributed by atoms with Crippen LogP contribution in [0.1, 0.15) is 16.8 Å². The quantitative estimate of drug-likeness (QED) is 0.462. The summed E-state index contributed by atoms with van der Waals surface area (Å²) in [5, 5.41) is 6.34. The summed E-state index contributed by atoms with van der Waals surface area (Å²) in [4.78, 5) is 33.8. The predicted molar refractivity (Wildman–Crippen MR) is 125 cm³/mol. The molecular formula is C22H26N6O2S. The van der Waals surface area contributed by atoms with Gasteiger partial charge in [0.25, 0.3) is 5.56 Å². The molecule has 0 bridgehead atoms. The van der Waals surface area contributed by atoms with Gasteiger partial charge in [0.15, 0.2) is 11.6 Å². The van der Waals surface area contributed by atoms with Gasteiger partial charge in [-0.2, -0.15) is 0 Å². The van der Waals surface area contributed by atoms with Crippen molar-refractivity contribution in [1.82, 2.24) is 19.9 Å². The van der Waals surface area contributed by atoms with Crippen LogP contribution in [0, 0.1) is 6.92 Å². The highest BCUT2D eigenvalue weighted by Gasteiger charge is 2.17. The average Bonchev–Trinajstić information content (AvgIpc) is 2.77. The first-order chi connectivity index (χ1) is 14.9. The normalized spacial score (nSPS) is 10.7. The molecule has 2 aromatic heterocycles. The predicted octanol–water partition coefficient (Wildman–Crippen LogP) is 2.18. The standard InChI is InChI=1S/C22H26N6O2S/c1-14-16(12-18(29)24-2)11-17(23)21(27-14)28-19(31-3)13-26-20(22(28)30)25-10-9-15-7-5-4-6-8-15/h4-8,11,13H,9-10,12,23H2,1-3H3,(H,24,29)(H,25,26). The maximum atomic E-state index is 13.2. The van der Waals surface area contributed by atoms with Crippen LogP contribution in [0.15, 0.2) is 52.4 Å². The Morgan fingerprint density at radius 2 is 2.00 bits per heavy atom. The topological polar surface area (TPSA) is 115 Å². The minimum atomic E-state index is -0.322. The zero-order valence-corrected chi connectivity index (χ0v) is 18.6. The van der Waals surface area contributed by atoms with E-state index in [2.05, 4.69) is 20.6 Å². The molecule has 31 heavy (non-hydrogen) atoms. The van der Waals surface area contributed by atoms with Crippen molar-refractivity contribution in [3.63, 3.8) is 0 Å². The summed E-state index contributed by atoms with van der Waals surface area (Å²) < 4.78 is 1.47. The van der Waals surface area contributed by atoms with E-state index in [9.17, 15) is 9.59 Å². The fraction of sp³-hybridized carbons (Fsp3) is 0.273. The maximum absolute atomic E-state index is 13.2. The van der Waals surface area contributed by atoms with Crippen molar-refractivity contribution in [3.8, 4) is 5.82 Å². The van der Waals surface area contributed by atoms with Gasteiger partial charge in [-0.3, -0.25) is 9.59 Å². The molecule has 162 valence electrons. The number of rotatable bonds is 8. The van der Waals surface area contributed by atoms with Crippen LogP contribution < -0.4 is 21.9 Å². The summed E-state index contributed by atoms with van der Waals surface area (Å²) in [5.74, 6) is 0.441. The molecule has 0 fully saturated rings. The van der Waals surface area contributed by atoms with Gasteiger partial charge in [-0.25, -0.2) is 14.5 Å². The van der Waals surface area contributed by atoms with Crippen molar-refractivity contribution in [2.24, 2.45) is 0 Å². The van der Waals surface area contributed by atoms with Crippen LogP contribution in [0.2, 0.25) is 0 Å². The number of aromatic nitrogens is 3. The van der Waals surface area contributed by atoms with E-state index in [1.807, 2.05) is 36.6 Å². The summed E-state index contributed by atoms with van der Waals surface area (Å²) in [6.45, 7) is 2.36. The second-order valence-electron chi connectivity index (χ2n) is 6.95. The third-order valence-electron chi connectivity index (χ3n) is 4.86. The second-order valence-corrected chi connectivity index (χ2v) is 7.77. The molecule has 3 rings (SSSR count). The highest BCUT2D eigenvalue weighted by Crippen LogP contribution is 2.23. The molecule has 4 N–H and O–H groups in total. The van der Waals surface area contributed by atoms with E-state index < -0.39 is 0 Å². The molecule has 0 aliphatic heterocycles. The van der Waals surface area contributed by atoms with E-state index in [1.54, 1.807) is 26.2 Å². The van der Waals surface area contributed by atoms with Crippen LogP contribution in [-0.4, -0.2) is 40.3 Å². The Morgan fingerprint density at radius 1 is 1.26 bits per heavy atom. The van der Waals surface area contributed by atoms with Crippen LogP contribution in [0.25, 0.3) is 5.82 Å². The third kappa shape index (κ3) is 5.24. The zero-order valence-electron chi connectivity index (χ0n) is 17.8. The van der Waals surface area contributed by atoms with E-state index in [-0.39, 0.29) is 23.7 Å². The van der Waals surface area contributed by atoms with Crippen molar-refractivity contribution in [3.05, 3.63) is 69.8 Å². The number of carbonyl (C=O) groups excluding carboxylic acids is 1. The van der Waals surface area contributed by atoms with Gasteiger partial charge in [0.05, 0.1) is 18.3 Å². The summed E-state index contributed by atoms with van der Waals surface area (Å²) >= 11 is 1.38. The number of nitrogen functional groups attached to an aromatic ring is 1. The van der Waals surface area contributed by atoms with E-state index in [4.69, 9.17) is 5.73 Å². The molecule has 9 heteroatoms. The Morgan fingerprint density at radius 3 is 2.68 bits per heavy atom. The number of pyridine rings is 1. The summed E-state index contributed by atoms with van der Waals surface area (Å²) in [7, 11) is 1.58. The van der Waals surface area contributed by atoms with Gasteiger partial charge < -0.3 is 16.4 Å². The number of aryl methyl sites for hydroxylation is 1. The molecule has 3 aromatic rings. The Kier molecular flexibility index (Phi) is 7.30. The average molecular weight is 439 g/mol. The van der Waals surface area contributed by atoms with Crippen LogP contribution in [-0.2, 0) is 17.6 Å². The fourth-order valence-corrected chi connectivity index (χ4v) is 3.66. The lowest BCUT2D eigenvalue weighted by molar-refractivity contribution is -0.119. The lowest BCUT2D eigenvalue weighted by Crippen LogP contribution is -2.27. The highest BCUT2D eigenvalue weighted by atomic mass is 32.2. The molecule has 0 radical (unpaired) electrons. The third-order valence-corrected chi connectivity index (χ3v) is 5.56. The molecule has 0 saturated heterocycles. The van der Waals surface area contributed by atoms with Gasteiger partial charge in [-0.15, -0.1) is 11.8 Å². The summed E-state index contributed by atoms with van der Waals surface area (Å²) in [6.07, 6.45) is 4.43. The Bertz CT molecular complexity index is 1130. The first-order valence-corrected chi connectivity index (χ1v) is 11.1. The minimum Gasteiger partial charge on any atom is -0.396 e. The summed E-state index contributed by atoms with van der Waals surface area (Å²) in [6, 6.07) is 11.7. The molecule has 2 heterocycles. The lowest BCUT2D eigenvalue weighted by Gasteiger charge is -2.16. The molecular weight excluding hydrogens is 412 g/mol. The number of thioether (sulfide) groups is 1. The van der Waals surface area contributed by atoms with E-state index in [0.717, 1.165) is 12.0 Å². The number of nitrogens with one attached hydrogen (secondary N) is 2. The van der Waals surface area contributed by atoms with Crippen molar-refractivity contribution in [2.45, 2.75) is 24.8 Å². The SMILES string of the molecule is CNC(=O)Cc1cc(N)c(-n2c(SC)cnc(NCCc3ccccc3)c2=O)nc1C. The van der Waals surface area contributed by atoms with Crippen molar-refractivity contribution in [1.29, 1.82) is 0 Å². The molecule has 0 unspecified atom stereocenters. The first kappa shape index (κ1) is 22.4.